The van der Waals surface area contributed by atoms with E-state index in [2.05, 4.69) is 0 Å². The van der Waals surface area contributed by atoms with E-state index >= 15 is 0 Å². The van der Waals surface area contributed by atoms with Gasteiger partial charge in [0.2, 0.25) is 0 Å². The molecule has 0 unspecified atom stereocenters. The maximum absolute atomic E-state index is 14.0. The summed E-state index contributed by atoms with van der Waals surface area (Å²) < 4.78 is 14.0. The fraction of sp³-hybridized carbons (Fsp3) is 0.133. The third-order valence-electron chi connectivity index (χ3n) is 2.83. The largest absolute Gasteiger partial charge is 0.298 e. The molecule has 0 saturated carbocycles. The van der Waals surface area contributed by atoms with E-state index in [0.717, 1.165) is 16.7 Å². The Labute approximate surface area is 99.9 Å². The molecule has 2 aromatic rings. The van der Waals surface area contributed by atoms with E-state index in [-0.39, 0.29) is 5.56 Å². The quantitative estimate of drug-likeness (QED) is 0.712. The lowest BCUT2D eigenvalue weighted by atomic mass is 9.97. The summed E-state index contributed by atoms with van der Waals surface area (Å²) in [5.74, 6) is -0.450. The average molecular weight is 228 g/mol. The van der Waals surface area contributed by atoms with Crippen molar-refractivity contribution in [3.8, 4) is 11.1 Å². The van der Waals surface area contributed by atoms with E-state index in [1.165, 1.54) is 6.07 Å². The molecule has 2 rings (SSSR count). The molecule has 0 bridgehead atoms. The van der Waals surface area contributed by atoms with Gasteiger partial charge in [0.1, 0.15) is 5.82 Å². The molecular formula is C15H13FO. The molecule has 0 aliphatic carbocycles. The Morgan fingerprint density at radius 1 is 1.06 bits per heavy atom. The zero-order chi connectivity index (χ0) is 12.4. The molecule has 1 nitrogen and oxygen atoms in total. The van der Waals surface area contributed by atoms with Gasteiger partial charge in [-0.15, -0.1) is 0 Å². The SMILES string of the molecule is Cc1ccc(-c2cccc(C=O)c2F)c(C)c1. The molecular weight excluding hydrogens is 215 g/mol. The van der Waals surface area contributed by atoms with Crippen molar-refractivity contribution in [1.82, 2.24) is 0 Å². The summed E-state index contributed by atoms with van der Waals surface area (Å²) in [5, 5.41) is 0. The van der Waals surface area contributed by atoms with E-state index in [1.54, 1.807) is 12.1 Å². The van der Waals surface area contributed by atoms with E-state index in [1.807, 2.05) is 32.0 Å². The molecule has 0 saturated heterocycles. The first kappa shape index (κ1) is 11.5. The molecule has 0 spiro atoms. The van der Waals surface area contributed by atoms with E-state index in [9.17, 15) is 9.18 Å². The topological polar surface area (TPSA) is 17.1 Å². The number of hydrogen-bond donors (Lipinski definition) is 0. The van der Waals surface area contributed by atoms with Gasteiger partial charge in [0, 0.05) is 5.56 Å². The minimum Gasteiger partial charge on any atom is -0.298 e. The van der Waals surface area contributed by atoms with Crippen LogP contribution in [0.3, 0.4) is 0 Å². The first-order chi connectivity index (χ1) is 8.13. The summed E-state index contributed by atoms with van der Waals surface area (Å²) in [6.45, 7) is 3.93. The Morgan fingerprint density at radius 3 is 2.47 bits per heavy atom. The van der Waals surface area contributed by atoms with Gasteiger partial charge < -0.3 is 0 Å². The van der Waals surface area contributed by atoms with Gasteiger partial charge >= 0.3 is 0 Å². The maximum atomic E-state index is 14.0. The van der Waals surface area contributed by atoms with Crippen LogP contribution in [0.2, 0.25) is 0 Å². The van der Waals surface area contributed by atoms with Crippen molar-refractivity contribution in [3.05, 3.63) is 58.9 Å². The fourth-order valence-electron chi connectivity index (χ4n) is 1.96. The van der Waals surface area contributed by atoms with Crippen molar-refractivity contribution >= 4 is 6.29 Å². The molecule has 0 amide bonds. The number of carbonyl (C=O) groups is 1. The molecule has 17 heavy (non-hydrogen) atoms. The number of aldehydes is 1. The van der Waals surface area contributed by atoms with Gasteiger partial charge in [-0.3, -0.25) is 4.79 Å². The molecule has 0 radical (unpaired) electrons. The van der Waals surface area contributed by atoms with Crippen molar-refractivity contribution in [2.75, 3.05) is 0 Å². The number of aryl methyl sites for hydroxylation is 2. The minimum absolute atomic E-state index is 0.0995. The monoisotopic (exact) mass is 228 g/mol. The van der Waals surface area contributed by atoms with Crippen molar-refractivity contribution < 1.29 is 9.18 Å². The number of hydrogen-bond acceptors (Lipinski definition) is 1. The molecule has 0 fully saturated rings. The van der Waals surface area contributed by atoms with Crippen molar-refractivity contribution in [2.24, 2.45) is 0 Å². The van der Waals surface area contributed by atoms with Crippen molar-refractivity contribution in [3.63, 3.8) is 0 Å². The maximum Gasteiger partial charge on any atom is 0.153 e. The molecule has 0 N–H and O–H groups in total. The first-order valence-corrected chi connectivity index (χ1v) is 5.45. The smallest absolute Gasteiger partial charge is 0.153 e. The van der Waals surface area contributed by atoms with Gasteiger partial charge in [0.25, 0.3) is 0 Å². The summed E-state index contributed by atoms with van der Waals surface area (Å²) in [6.07, 6.45) is 0.544. The van der Waals surface area contributed by atoms with Crippen molar-refractivity contribution in [1.29, 1.82) is 0 Å². The molecule has 0 aliphatic rings. The van der Waals surface area contributed by atoms with Crippen LogP contribution in [-0.4, -0.2) is 6.29 Å². The highest BCUT2D eigenvalue weighted by Crippen LogP contribution is 2.27. The lowest BCUT2D eigenvalue weighted by Gasteiger charge is -2.09. The third-order valence-corrected chi connectivity index (χ3v) is 2.83. The summed E-state index contributed by atoms with van der Waals surface area (Å²) in [7, 11) is 0. The van der Waals surface area contributed by atoms with Gasteiger partial charge in [-0.25, -0.2) is 4.39 Å². The average Bonchev–Trinajstić information content (AvgIpc) is 2.30. The van der Waals surface area contributed by atoms with E-state index in [0.29, 0.717) is 11.8 Å². The third kappa shape index (κ3) is 2.11. The Balaban J connectivity index is 2.64. The highest BCUT2D eigenvalue weighted by atomic mass is 19.1. The van der Waals surface area contributed by atoms with Gasteiger partial charge in [0.15, 0.2) is 6.29 Å². The molecule has 0 aromatic heterocycles. The highest BCUT2D eigenvalue weighted by molar-refractivity contribution is 5.80. The van der Waals surface area contributed by atoms with Gasteiger partial charge in [-0.1, -0.05) is 35.9 Å². The van der Waals surface area contributed by atoms with Crippen molar-refractivity contribution in [2.45, 2.75) is 13.8 Å². The van der Waals surface area contributed by atoms with Crippen LogP contribution in [0.15, 0.2) is 36.4 Å². The zero-order valence-electron chi connectivity index (χ0n) is 9.83. The summed E-state index contributed by atoms with van der Waals surface area (Å²) in [4.78, 5) is 10.7. The number of carbonyl (C=O) groups excluding carboxylic acids is 1. The van der Waals surface area contributed by atoms with E-state index < -0.39 is 5.82 Å². The lowest BCUT2D eigenvalue weighted by Crippen LogP contribution is -1.93. The molecule has 0 atom stereocenters. The second kappa shape index (κ2) is 4.50. The first-order valence-electron chi connectivity index (χ1n) is 5.45. The molecule has 2 aromatic carbocycles. The molecule has 0 heterocycles. The van der Waals surface area contributed by atoms with Crippen LogP contribution in [0.1, 0.15) is 21.5 Å². The normalized spacial score (nSPS) is 10.3. The summed E-state index contributed by atoms with van der Waals surface area (Å²) >= 11 is 0. The highest BCUT2D eigenvalue weighted by Gasteiger charge is 2.10. The van der Waals surface area contributed by atoms with Crippen LogP contribution < -0.4 is 0 Å². The molecule has 2 heteroatoms. The van der Waals surface area contributed by atoms with Crippen LogP contribution >= 0.6 is 0 Å². The summed E-state index contributed by atoms with van der Waals surface area (Å²) in [5.41, 5.74) is 3.55. The number of benzene rings is 2. The van der Waals surface area contributed by atoms with Crippen LogP contribution in [0.5, 0.6) is 0 Å². The number of rotatable bonds is 2. The van der Waals surface area contributed by atoms with Gasteiger partial charge in [0.05, 0.1) is 5.56 Å². The lowest BCUT2D eigenvalue weighted by molar-refractivity contribution is 0.112. The molecule has 86 valence electrons. The standard InChI is InChI=1S/C15H13FO/c1-10-6-7-13(11(2)8-10)14-5-3-4-12(9-17)15(14)16/h3-9H,1-2H3. The predicted molar refractivity (Wildman–Crippen MR) is 66.7 cm³/mol. The second-order valence-corrected chi connectivity index (χ2v) is 4.15. The van der Waals surface area contributed by atoms with Gasteiger partial charge in [-0.05, 0) is 31.0 Å². The van der Waals surface area contributed by atoms with Crippen LogP contribution in [0, 0.1) is 19.7 Å². The van der Waals surface area contributed by atoms with Crippen LogP contribution in [0.4, 0.5) is 4.39 Å². The van der Waals surface area contributed by atoms with Crippen LogP contribution in [0.25, 0.3) is 11.1 Å². The van der Waals surface area contributed by atoms with Crippen LogP contribution in [-0.2, 0) is 0 Å². The Morgan fingerprint density at radius 2 is 1.82 bits per heavy atom. The Bertz CT molecular complexity index is 573. The molecule has 0 aliphatic heterocycles. The Hall–Kier alpha value is -1.96. The van der Waals surface area contributed by atoms with E-state index in [4.69, 9.17) is 0 Å². The zero-order valence-corrected chi connectivity index (χ0v) is 9.83. The second-order valence-electron chi connectivity index (χ2n) is 4.15. The number of halogens is 1. The Kier molecular flexibility index (Phi) is 3.05. The summed E-state index contributed by atoms with van der Waals surface area (Å²) in [6, 6.07) is 10.7. The predicted octanol–water partition coefficient (Wildman–Crippen LogP) is 3.92. The fourth-order valence-corrected chi connectivity index (χ4v) is 1.96. The van der Waals surface area contributed by atoms with Gasteiger partial charge in [-0.2, -0.15) is 0 Å². The minimum atomic E-state index is -0.450.